The molecule has 12 heteroatoms. The molecular formula is C24H29N5O6S. The Balaban J connectivity index is 1.80. The third-order valence-corrected chi connectivity index (χ3v) is 7.49. The van der Waals surface area contributed by atoms with Gasteiger partial charge in [0.25, 0.3) is 0 Å². The lowest BCUT2D eigenvalue weighted by atomic mass is 9.91. The van der Waals surface area contributed by atoms with E-state index in [1.165, 1.54) is 25.9 Å². The highest BCUT2D eigenvalue weighted by Crippen LogP contribution is 2.36. The molecule has 1 aliphatic carbocycles. The van der Waals surface area contributed by atoms with Gasteiger partial charge in [0, 0.05) is 6.07 Å². The zero-order valence-electron chi connectivity index (χ0n) is 20.4. The highest BCUT2D eigenvalue weighted by Gasteiger charge is 2.30. The van der Waals surface area contributed by atoms with Gasteiger partial charge in [-0.05, 0) is 37.0 Å². The van der Waals surface area contributed by atoms with Crippen molar-refractivity contribution in [1.82, 2.24) is 24.5 Å². The summed E-state index contributed by atoms with van der Waals surface area (Å²) >= 11 is 0. The number of carbonyl (C=O) groups is 1. The maximum atomic E-state index is 13.3. The van der Waals surface area contributed by atoms with E-state index in [9.17, 15) is 13.2 Å². The van der Waals surface area contributed by atoms with Gasteiger partial charge in [-0.2, -0.15) is 0 Å². The van der Waals surface area contributed by atoms with Gasteiger partial charge in [-0.25, -0.2) is 18.1 Å². The molecule has 0 atom stereocenters. The second-order valence-corrected chi connectivity index (χ2v) is 10.2. The average Bonchev–Trinajstić information content (AvgIpc) is 3.33. The largest absolute Gasteiger partial charge is 0.494 e. The Hall–Kier alpha value is -3.67. The molecule has 1 aliphatic rings. The summed E-state index contributed by atoms with van der Waals surface area (Å²) in [5.74, 6) is -0.0518. The van der Waals surface area contributed by atoms with E-state index in [2.05, 4.69) is 19.9 Å². The number of aromatic nitrogens is 4. The van der Waals surface area contributed by atoms with Crippen LogP contribution in [0.4, 0.5) is 0 Å². The Morgan fingerprint density at radius 3 is 2.28 bits per heavy atom. The lowest BCUT2D eigenvalue weighted by Gasteiger charge is -2.21. The van der Waals surface area contributed by atoms with Gasteiger partial charge < -0.3 is 14.2 Å². The topological polar surface area (TPSA) is 135 Å². The number of pyridine rings is 1. The molecule has 0 saturated heterocycles. The maximum Gasteiger partial charge on any atom is 0.303 e. The number of amides is 1. The molecule has 0 spiro atoms. The first-order chi connectivity index (χ1) is 17.4. The number of sulfonamides is 1. The van der Waals surface area contributed by atoms with Crippen LogP contribution in [0.3, 0.4) is 0 Å². The Morgan fingerprint density at radius 1 is 0.972 bits per heavy atom. The fraction of sp³-hybridized carbons (Fsp3) is 0.417. The molecule has 1 saturated carbocycles. The van der Waals surface area contributed by atoms with Gasteiger partial charge >= 0.3 is 5.91 Å². The normalized spacial score (nSPS) is 14.3. The van der Waals surface area contributed by atoms with Crippen LogP contribution in [0.2, 0.25) is 0 Å². The molecule has 3 aromatic rings. The number of rotatable bonds is 9. The Labute approximate surface area is 209 Å². The molecule has 0 bridgehead atoms. The minimum absolute atomic E-state index is 0.0211. The number of hydrogen-bond acceptors (Lipinski definition) is 9. The first-order valence-electron chi connectivity index (χ1n) is 11.6. The van der Waals surface area contributed by atoms with Gasteiger partial charge in [-0.1, -0.05) is 31.4 Å². The van der Waals surface area contributed by atoms with Crippen LogP contribution in [0.1, 0.15) is 42.7 Å². The highest BCUT2D eigenvalue weighted by atomic mass is 32.2. The summed E-state index contributed by atoms with van der Waals surface area (Å²) in [5.41, 5.74) is 0.667. The van der Waals surface area contributed by atoms with Crippen molar-refractivity contribution in [3.05, 3.63) is 42.2 Å². The second-order valence-electron chi connectivity index (χ2n) is 8.48. The van der Waals surface area contributed by atoms with E-state index in [0.717, 1.165) is 32.1 Å². The second kappa shape index (κ2) is 10.9. The number of para-hydroxylation sites is 1. The molecule has 11 nitrogen and oxygen atoms in total. The quantitative estimate of drug-likeness (QED) is 0.456. The first kappa shape index (κ1) is 25.4. The van der Waals surface area contributed by atoms with E-state index >= 15 is 0 Å². The van der Waals surface area contributed by atoms with Crippen LogP contribution in [0.15, 0.2) is 36.4 Å². The van der Waals surface area contributed by atoms with Gasteiger partial charge in [0.2, 0.25) is 21.7 Å². The smallest absolute Gasteiger partial charge is 0.303 e. The number of methoxy groups -OCH3 is 3. The van der Waals surface area contributed by atoms with Gasteiger partial charge in [-0.15, -0.1) is 10.2 Å². The Bertz CT molecular complexity index is 1310. The molecule has 0 radical (unpaired) electrons. The van der Waals surface area contributed by atoms with Crippen molar-refractivity contribution in [2.45, 2.75) is 32.1 Å². The molecule has 0 unspecified atom stereocenters. The fourth-order valence-corrected chi connectivity index (χ4v) is 5.82. The summed E-state index contributed by atoms with van der Waals surface area (Å²) in [7, 11) is 0.524. The van der Waals surface area contributed by atoms with Crippen molar-refractivity contribution < 1.29 is 27.4 Å². The van der Waals surface area contributed by atoms with Crippen molar-refractivity contribution in [2.24, 2.45) is 5.92 Å². The maximum absolute atomic E-state index is 13.3. The van der Waals surface area contributed by atoms with Crippen molar-refractivity contribution in [2.75, 3.05) is 27.1 Å². The number of ether oxygens (including phenoxy) is 3. The molecule has 4 rings (SSSR count). The van der Waals surface area contributed by atoms with Crippen LogP contribution >= 0.6 is 0 Å². The third kappa shape index (κ3) is 5.43. The van der Waals surface area contributed by atoms with Gasteiger partial charge in [-0.3, -0.25) is 9.36 Å². The van der Waals surface area contributed by atoms with Gasteiger partial charge in [0.05, 0.1) is 27.1 Å². The number of hydrogen-bond donors (Lipinski definition) is 1. The summed E-state index contributed by atoms with van der Waals surface area (Å²) in [5, 5.41) is 8.23. The lowest BCUT2D eigenvalue weighted by Crippen LogP contribution is -2.36. The van der Waals surface area contributed by atoms with E-state index in [1.54, 1.807) is 36.4 Å². The van der Waals surface area contributed by atoms with Crippen LogP contribution in [0.25, 0.3) is 17.2 Å². The zero-order valence-corrected chi connectivity index (χ0v) is 21.2. The Kier molecular flexibility index (Phi) is 7.73. The van der Waals surface area contributed by atoms with Crippen LogP contribution < -0.4 is 18.9 Å². The monoisotopic (exact) mass is 515 g/mol. The fourth-order valence-electron chi connectivity index (χ4n) is 4.41. The van der Waals surface area contributed by atoms with Crippen molar-refractivity contribution >= 4 is 15.9 Å². The van der Waals surface area contributed by atoms with Crippen molar-refractivity contribution in [3.8, 4) is 34.6 Å². The molecule has 1 N–H and O–H groups in total. The van der Waals surface area contributed by atoms with E-state index in [0.29, 0.717) is 28.8 Å². The van der Waals surface area contributed by atoms with Gasteiger partial charge in [0.15, 0.2) is 5.82 Å². The van der Waals surface area contributed by atoms with Crippen LogP contribution in [0.5, 0.6) is 17.4 Å². The molecule has 2 aromatic heterocycles. The molecule has 2 heterocycles. The summed E-state index contributed by atoms with van der Waals surface area (Å²) in [4.78, 5) is 17.7. The minimum Gasteiger partial charge on any atom is -0.494 e. The van der Waals surface area contributed by atoms with E-state index < -0.39 is 15.9 Å². The van der Waals surface area contributed by atoms with Crippen LogP contribution in [0, 0.1) is 5.92 Å². The van der Waals surface area contributed by atoms with E-state index in [1.807, 2.05) is 0 Å². The number of carbonyl (C=O) groups excluding carboxylic acids is 1. The predicted molar refractivity (Wildman–Crippen MR) is 132 cm³/mol. The molecule has 1 amide bonds. The number of benzene rings is 1. The summed E-state index contributed by atoms with van der Waals surface area (Å²) < 4.78 is 45.6. The van der Waals surface area contributed by atoms with Crippen LogP contribution in [-0.2, 0) is 10.0 Å². The molecule has 36 heavy (non-hydrogen) atoms. The predicted octanol–water partition coefficient (Wildman–Crippen LogP) is 3.00. The molecule has 1 aromatic carbocycles. The molecular weight excluding hydrogens is 486 g/mol. The van der Waals surface area contributed by atoms with Crippen molar-refractivity contribution in [3.63, 3.8) is 0 Å². The summed E-state index contributed by atoms with van der Waals surface area (Å²) in [6.07, 6.45) is 4.75. The Morgan fingerprint density at radius 2 is 1.64 bits per heavy atom. The van der Waals surface area contributed by atoms with Gasteiger partial charge in [0.1, 0.15) is 22.9 Å². The van der Waals surface area contributed by atoms with Crippen LogP contribution in [-0.4, -0.2) is 61.2 Å². The average molecular weight is 516 g/mol. The minimum atomic E-state index is -3.90. The number of nitrogens with zero attached hydrogens (tertiary/aromatic N) is 4. The molecule has 192 valence electrons. The lowest BCUT2D eigenvalue weighted by molar-refractivity contribution is 0.0969. The molecule has 1 fully saturated rings. The van der Waals surface area contributed by atoms with E-state index in [4.69, 9.17) is 14.2 Å². The third-order valence-electron chi connectivity index (χ3n) is 6.08. The zero-order chi connectivity index (χ0) is 25.7. The van der Waals surface area contributed by atoms with E-state index in [-0.39, 0.29) is 23.3 Å². The number of nitrogens with one attached hydrogen (secondary N) is 1. The standard InChI is InChI=1S/C24H29N5O6S/c1-33-18-12-8-13-19(34-2)21(18)29-22(17-11-7-14-20(25-17)35-3)26-27-23(29)24(30)28-36(31,32)15-16-9-5-4-6-10-16/h7-8,11-14,16H,4-6,9-10,15H2,1-3H3,(H,28,30). The molecule has 0 aliphatic heterocycles. The summed E-state index contributed by atoms with van der Waals surface area (Å²) in [6, 6.07) is 10.1. The first-order valence-corrected chi connectivity index (χ1v) is 13.2. The summed E-state index contributed by atoms with van der Waals surface area (Å²) in [6.45, 7) is 0. The highest BCUT2D eigenvalue weighted by molar-refractivity contribution is 7.90. The SMILES string of the molecule is COc1cccc(-c2nnc(C(=O)NS(=O)(=O)CC3CCCCC3)n2-c2c(OC)cccc2OC)n1. The van der Waals surface area contributed by atoms with Crippen molar-refractivity contribution in [1.29, 1.82) is 0 Å².